The normalized spacial score (nSPS) is 14.8. The largest absolute Gasteiger partial charge is 2.00 e. The number of para-hydroxylation sites is 1. The number of carbonyl (C=O) groups is 2. The van der Waals surface area contributed by atoms with Crippen molar-refractivity contribution in [1.82, 2.24) is 10.7 Å². The number of hydrogen-bond donors (Lipinski definition) is 2. The molecule has 28 heavy (non-hydrogen) atoms. The first-order valence-electron chi connectivity index (χ1n) is 7.89. The fourth-order valence-electron chi connectivity index (χ4n) is 2.54. The van der Waals surface area contributed by atoms with Crippen molar-refractivity contribution in [3.63, 3.8) is 0 Å². The summed E-state index contributed by atoms with van der Waals surface area (Å²) in [6, 6.07) is 14.5. The standard InChI is InChI=1S/C19H15N5O3.Ni/c1-21-18(26)14(10-20)16-11-6-2-3-7-12(11)17(22-16)23-24-19(27)13-8-4-5-9-15(13)25;/h2-9H,1H3,(H4,21,22,23,24,25,26,27);/q;+2/p-2. The second-order valence-electron chi connectivity index (χ2n) is 5.44. The van der Waals surface area contributed by atoms with Crippen molar-refractivity contribution in [2.24, 2.45) is 5.10 Å². The van der Waals surface area contributed by atoms with E-state index in [-0.39, 0.29) is 39.2 Å². The average Bonchev–Trinajstić information content (AvgIpc) is 3.05. The molecule has 142 valence electrons. The van der Waals surface area contributed by atoms with E-state index in [0.717, 1.165) is 0 Å². The molecule has 0 aliphatic carbocycles. The number of fused-ring (bicyclic) bond motifs is 1. The van der Waals surface area contributed by atoms with Gasteiger partial charge in [0.25, 0.3) is 11.8 Å². The number of hydrogen-bond acceptors (Lipinski definition) is 5. The summed E-state index contributed by atoms with van der Waals surface area (Å²) in [6.45, 7) is 0. The maximum Gasteiger partial charge on any atom is 2.00 e. The number of nitrogens with one attached hydrogen (secondary N) is 2. The molecular formula is C19H13N5NiO3. The van der Waals surface area contributed by atoms with Crippen LogP contribution in [0.1, 0.15) is 21.5 Å². The molecule has 8 nitrogen and oxygen atoms in total. The van der Waals surface area contributed by atoms with Crippen LogP contribution in [0.5, 0.6) is 5.75 Å². The van der Waals surface area contributed by atoms with Crippen molar-refractivity contribution >= 4 is 23.3 Å². The fraction of sp³-hybridized carbons (Fsp3) is 0.0526. The van der Waals surface area contributed by atoms with Gasteiger partial charge in [0.15, 0.2) is 0 Å². The second-order valence-corrected chi connectivity index (χ2v) is 5.44. The van der Waals surface area contributed by atoms with E-state index in [1.165, 1.54) is 25.2 Å². The number of benzene rings is 2. The van der Waals surface area contributed by atoms with Crippen molar-refractivity contribution in [3.05, 3.63) is 76.1 Å². The zero-order chi connectivity index (χ0) is 19.4. The van der Waals surface area contributed by atoms with Crippen LogP contribution in [0.3, 0.4) is 0 Å². The Morgan fingerprint density at radius 1 is 1.11 bits per heavy atom. The average molecular weight is 418 g/mol. The topological polar surface area (TPSA) is 132 Å². The summed E-state index contributed by atoms with van der Waals surface area (Å²) in [5.41, 5.74) is 3.36. The van der Waals surface area contributed by atoms with Gasteiger partial charge in [-0.1, -0.05) is 54.3 Å². The summed E-state index contributed by atoms with van der Waals surface area (Å²) < 4.78 is 0. The van der Waals surface area contributed by atoms with Crippen LogP contribution >= 0.6 is 0 Å². The number of amidine groups is 1. The molecule has 0 fully saturated rings. The molecule has 0 saturated heterocycles. The second kappa shape index (κ2) is 8.84. The van der Waals surface area contributed by atoms with Crippen LogP contribution in [0, 0.1) is 11.3 Å². The van der Waals surface area contributed by atoms with Crippen LogP contribution in [0.25, 0.3) is 11.0 Å². The predicted molar refractivity (Wildman–Crippen MR) is 96.3 cm³/mol. The number of nitriles is 1. The van der Waals surface area contributed by atoms with E-state index in [1.807, 2.05) is 6.07 Å². The molecule has 0 radical (unpaired) electrons. The SMILES string of the molecule is CNC(=O)C(C#N)=C1[N-]C(=NNC(=O)c2ccccc2[O-])c2ccccc21.[Ni+2]. The monoisotopic (exact) mass is 417 g/mol. The molecule has 3 rings (SSSR count). The van der Waals surface area contributed by atoms with Crippen LogP contribution in [0.15, 0.2) is 59.2 Å². The molecule has 0 unspecified atom stereocenters. The predicted octanol–water partition coefficient (Wildman–Crippen LogP) is 1.22. The number of nitrogens with zero attached hydrogens (tertiary/aromatic N) is 3. The molecule has 2 aromatic rings. The minimum absolute atomic E-state index is 0. The first kappa shape index (κ1) is 20.7. The zero-order valence-electron chi connectivity index (χ0n) is 14.5. The zero-order valence-corrected chi connectivity index (χ0v) is 15.5. The van der Waals surface area contributed by atoms with Gasteiger partial charge in [0, 0.05) is 12.6 Å². The van der Waals surface area contributed by atoms with Gasteiger partial charge in [-0.25, -0.2) is 0 Å². The van der Waals surface area contributed by atoms with Gasteiger partial charge in [-0.2, -0.15) is 5.26 Å². The van der Waals surface area contributed by atoms with E-state index >= 15 is 0 Å². The van der Waals surface area contributed by atoms with Gasteiger partial charge in [0.05, 0.1) is 0 Å². The first-order chi connectivity index (χ1) is 13.1. The summed E-state index contributed by atoms with van der Waals surface area (Å²) in [6.07, 6.45) is 0. The van der Waals surface area contributed by atoms with Crippen molar-refractivity contribution in [2.45, 2.75) is 0 Å². The fourth-order valence-corrected chi connectivity index (χ4v) is 2.54. The van der Waals surface area contributed by atoms with E-state index < -0.39 is 17.6 Å². The minimum atomic E-state index is -0.676. The van der Waals surface area contributed by atoms with E-state index in [9.17, 15) is 20.0 Å². The van der Waals surface area contributed by atoms with Gasteiger partial charge >= 0.3 is 16.5 Å². The van der Waals surface area contributed by atoms with Crippen molar-refractivity contribution in [2.75, 3.05) is 7.05 Å². The number of rotatable bonds is 3. The number of carbonyl (C=O) groups excluding carboxylic acids is 2. The van der Waals surface area contributed by atoms with Crippen molar-refractivity contribution in [1.29, 1.82) is 5.26 Å². The van der Waals surface area contributed by atoms with E-state index in [1.54, 1.807) is 30.3 Å². The maximum atomic E-state index is 12.2. The maximum absolute atomic E-state index is 12.2. The van der Waals surface area contributed by atoms with Gasteiger partial charge in [-0.05, 0) is 22.7 Å². The third-order valence-electron chi connectivity index (χ3n) is 3.84. The van der Waals surface area contributed by atoms with Crippen LogP contribution in [0.4, 0.5) is 0 Å². The minimum Gasteiger partial charge on any atom is -0.872 e. The molecule has 0 spiro atoms. The van der Waals surface area contributed by atoms with Gasteiger partial charge in [-0.15, -0.1) is 0 Å². The molecule has 0 saturated carbocycles. The molecule has 0 atom stereocenters. The van der Waals surface area contributed by atoms with Crippen LogP contribution in [-0.2, 0) is 21.3 Å². The van der Waals surface area contributed by atoms with E-state index in [0.29, 0.717) is 11.1 Å². The summed E-state index contributed by atoms with van der Waals surface area (Å²) in [5.74, 6) is -1.54. The Morgan fingerprint density at radius 3 is 2.39 bits per heavy atom. The Kier molecular flexibility index (Phi) is 6.53. The molecular weight excluding hydrogens is 405 g/mol. The van der Waals surface area contributed by atoms with Crippen LogP contribution in [-0.4, -0.2) is 24.7 Å². The molecule has 0 aromatic heterocycles. The Hall–Kier alpha value is -3.63. The van der Waals surface area contributed by atoms with Crippen molar-refractivity contribution < 1.29 is 31.2 Å². The van der Waals surface area contributed by atoms with Crippen LogP contribution in [0.2, 0.25) is 0 Å². The smallest absolute Gasteiger partial charge is 0.872 e. The van der Waals surface area contributed by atoms with Gasteiger partial charge in [-0.3, -0.25) is 9.59 Å². The third kappa shape index (κ3) is 3.87. The number of likely N-dealkylation sites (N-methyl/N-ethyl adjacent to an activating group) is 1. The molecule has 1 aliphatic heterocycles. The molecule has 2 aromatic carbocycles. The van der Waals surface area contributed by atoms with E-state index in [4.69, 9.17) is 0 Å². The van der Waals surface area contributed by atoms with Crippen LogP contribution < -0.4 is 15.8 Å². The summed E-state index contributed by atoms with van der Waals surface area (Å²) >= 11 is 0. The van der Waals surface area contributed by atoms with Crippen molar-refractivity contribution in [3.8, 4) is 11.8 Å². The van der Waals surface area contributed by atoms with Gasteiger partial charge in [0.1, 0.15) is 11.6 Å². The molecule has 9 heteroatoms. The van der Waals surface area contributed by atoms with Gasteiger partial charge in [0.2, 0.25) is 0 Å². The number of amides is 2. The third-order valence-corrected chi connectivity index (χ3v) is 3.84. The van der Waals surface area contributed by atoms with Gasteiger partial charge < -0.3 is 26.3 Å². The Bertz CT molecular complexity index is 1040. The summed E-state index contributed by atoms with van der Waals surface area (Å²) in [5, 5.41) is 31.6. The molecule has 1 heterocycles. The Morgan fingerprint density at radius 2 is 1.75 bits per heavy atom. The molecule has 2 amide bonds. The molecule has 2 N–H and O–H groups in total. The van der Waals surface area contributed by atoms with E-state index in [2.05, 4.69) is 21.2 Å². The molecule has 1 aliphatic rings. The summed E-state index contributed by atoms with van der Waals surface area (Å²) in [7, 11) is 1.41. The first-order valence-corrected chi connectivity index (χ1v) is 7.89. The number of hydrazone groups is 1. The quantitative estimate of drug-likeness (QED) is 0.336. The Labute approximate surface area is 170 Å². The molecule has 0 bridgehead atoms. The Balaban J connectivity index is 0.00000280. The summed E-state index contributed by atoms with van der Waals surface area (Å²) in [4.78, 5) is 24.1.